The van der Waals surface area contributed by atoms with Crippen LogP contribution in [0.1, 0.15) is 31.9 Å². The average Bonchev–Trinajstić information content (AvgIpc) is 2.70. The summed E-state index contributed by atoms with van der Waals surface area (Å²) in [5.41, 5.74) is 1.29. The van der Waals surface area contributed by atoms with Crippen LogP contribution in [0.15, 0.2) is 71.6 Å². The third-order valence-electron chi connectivity index (χ3n) is 4.94. The number of sulfonamides is 1. The molecule has 0 aliphatic carbocycles. The number of aryl methyl sites for hydroxylation is 1. The quantitative estimate of drug-likeness (QED) is 0.545. The SMILES string of the molecule is Cc1ccc(S(=O)(=O)NC[C@H](Cc2cccc3ccccc23)C(=O)OC(C)(C)C)cc1. The van der Waals surface area contributed by atoms with E-state index in [1.807, 2.05) is 49.4 Å². The van der Waals surface area contributed by atoms with Crippen molar-refractivity contribution >= 4 is 26.8 Å². The molecule has 0 radical (unpaired) electrons. The molecule has 0 aliphatic rings. The van der Waals surface area contributed by atoms with Gasteiger partial charge >= 0.3 is 5.97 Å². The summed E-state index contributed by atoms with van der Waals surface area (Å²) in [6.45, 7) is 7.25. The minimum Gasteiger partial charge on any atom is -0.460 e. The molecule has 0 fully saturated rings. The Morgan fingerprint density at radius 3 is 2.29 bits per heavy atom. The number of fused-ring (bicyclic) bond motifs is 1. The van der Waals surface area contributed by atoms with Crippen LogP contribution in [0, 0.1) is 12.8 Å². The smallest absolute Gasteiger partial charge is 0.311 e. The molecular weight excluding hydrogens is 410 g/mol. The monoisotopic (exact) mass is 439 g/mol. The summed E-state index contributed by atoms with van der Waals surface area (Å²) < 4.78 is 33.7. The Hall–Kier alpha value is -2.70. The Balaban J connectivity index is 1.86. The third-order valence-corrected chi connectivity index (χ3v) is 6.38. The Morgan fingerprint density at radius 1 is 0.968 bits per heavy atom. The van der Waals surface area contributed by atoms with E-state index in [0.717, 1.165) is 21.9 Å². The number of carbonyl (C=O) groups is 1. The second-order valence-electron chi connectivity index (χ2n) is 8.74. The summed E-state index contributed by atoms with van der Waals surface area (Å²) in [4.78, 5) is 13.1. The summed E-state index contributed by atoms with van der Waals surface area (Å²) in [6, 6.07) is 20.5. The first-order chi connectivity index (χ1) is 14.5. The first-order valence-corrected chi connectivity index (χ1v) is 11.8. The van der Waals surface area contributed by atoms with Gasteiger partial charge in [-0.05, 0) is 62.6 Å². The maximum Gasteiger partial charge on any atom is 0.311 e. The highest BCUT2D eigenvalue weighted by atomic mass is 32.2. The minimum absolute atomic E-state index is 0.0473. The van der Waals surface area contributed by atoms with Crippen LogP contribution in [0.2, 0.25) is 0 Å². The summed E-state index contributed by atoms with van der Waals surface area (Å²) in [7, 11) is -3.74. The van der Waals surface area contributed by atoms with E-state index in [1.165, 1.54) is 0 Å². The summed E-state index contributed by atoms with van der Waals surface area (Å²) in [5.74, 6) is -1.09. The van der Waals surface area contributed by atoms with Gasteiger partial charge in [-0.3, -0.25) is 4.79 Å². The lowest BCUT2D eigenvalue weighted by Crippen LogP contribution is -2.37. The van der Waals surface area contributed by atoms with Crippen molar-refractivity contribution < 1.29 is 17.9 Å². The first-order valence-electron chi connectivity index (χ1n) is 10.3. The highest BCUT2D eigenvalue weighted by Gasteiger charge is 2.28. The predicted molar refractivity (Wildman–Crippen MR) is 123 cm³/mol. The van der Waals surface area contributed by atoms with Crippen molar-refractivity contribution in [2.45, 2.75) is 44.6 Å². The lowest BCUT2D eigenvalue weighted by Gasteiger charge is -2.24. The molecule has 164 valence electrons. The number of rotatable bonds is 7. The molecule has 0 heterocycles. The van der Waals surface area contributed by atoms with E-state index in [-0.39, 0.29) is 11.4 Å². The number of hydrogen-bond donors (Lipinski definition) is 1. The molecule has 0 aromatic heterocycles. The largest absolute Gasteiger partial charge is 0.460 e. The molecule has 5 nitrogen and oxygen atoms in total. The van der Waals surface area contributed by atoms with Crippen LogP contribution in [0.3, 0.4) is 0 Å². The molecule has 0 unspecified atom stereocenters. The number of esters is 1. The van der Waals surface area contributed by atoms with Crippen molar-refractivity contribution in [3.8, 4) is 0 Å². The maximum absolute atomic E-state index is 12.9. The van der Waals surface area contributed by atoms with E-state index in [0.29, 0.717) is 6.42 Å². The second kappa shape index (κ2) is 9.20. The summed E-state index contributed by atoms with van der Waals surface area (Å²) in [5, 5.41) is 2.11. The van der Waals surface area contributed by atoms with Gasteiger partial charge in [0.05, 0.1) is 10.8 Å². The predicted octanol–water partition coefficient (Wildman–Crippen LogP) is 4.63. The molecule has 0 saturated carbocycles. The van der Waals surface area contributed by atoms with E-state index in [9.17, 15) is 13.2 Å². The lowest BCUT2D eigenvalue weighted by molar-refractivity contribution is -0.159. The van der Waals surface area contributed by atoms with Gasteiger partial charge in [0, 0.05) is 6.54 Å². The number of carbonyl (C=O) groups excluding carboxylic acids is 1. The van der Waals surface area contributed by atoms with Crippen molar-refractivity contribution in [1.29, 1.82) is 0 Å². The van der Waals surface area contributed by atoms with Gasteiger partial charge in [-0.25, -0.2) is 13.1 Å². The molecular formula is C25H29NO4S. The molecule has 0 spiro atoms. The average molecular weight is 440 g/mol. The summed E-state index contributed by atoms with van der Waals surface area (Å²) >= 11 is 0. The van der Waals surface area contributed by atoms with E-state index in [4.69, 9.17) is 4.74 Å². The molecule has 31 heavy (non-hydrogen) atoms. The van der Waals surface area contributed by atoms with Crippen molar-refractivity contribution in [3.05, 3.63) is 77.9 Å². The molecule has 1 atom stereocenters. The number of ether oxygens (including phenoxy) is 1. The maximum atomic E-state index is 12.9. The topological polar surface area (TPSA) is 72.5 Å². The fourth-order valence-electron chi connectivity index (χ4n) is 3.37. The van der Waals surface area contributed by atoms with Gasteiger partial charge < -0.3 is 4.74 Å². The van der Waals surface area contributed by atoms with Gasteiger partial charge in [0.1, 0.15) is 5.60 Å². The molecule has 3 aromatic carbocycles. The van der Waals surface area contributed by atoms with Crippen LogP contribution in [0.5, 0.6) is 0 Å². The van der Waals surface area contributed by atoms with Gasteiger partial charge in [-0.1, -0.05) is 60.2 Å². The molecule has 6 heteroatoms. The van der Waals surface area contributed by atoms with Gasteiger partial charge in [-0.2, -0.15) is 0 Å². The normalized spacial score (nSPS) is 13.2. The molecule has 0 bridgehead atoms. The molecule has 3 rings (SSSR count). The van der Waals surface area contributed by atoms with Crippen LogP contribution >= 0.6 is 0 Å². The van der Waals surface area contributed by atoms with Crippen LogP contribution in [0.25, 0.3) is 10.8 Å². The fraction of sp³-hybridized carbons (Fsp3) is 0.320. The third kappa shape index (κ3) is 6.15. The van der Waals surface area contributed by atoms with Gasteiger partial charge in [-0.15, -0.1) is 0 Å². The van der Waals surface area contributed by atoms with Crippen molar-refractivity contribution in [2.75, 3.05) is 6.54 Å². The number of nitrogens with one attached hydrogen (secondary N) is 1. The zero-order valence-electron chi connectivity index (χ0n) is 18.4. The Bertz CT molecular complexity index is 1160. The van der Waals surface area contributed by atoms with Crippen molar-refractivity contribution in [2.24, 2.45) is 5.92 Å². The number of benzene rings is 3. The molecule has 3 aromatic rings. The minimum atomic E-state index is -3.74. The molecule has 0 amide bonds. The standard InChI is InChI=1S/C25H29NO4S/c1-18-12-14-22(15-13-18)31(28,29)26-17-21(24(27)30-25(2,3)4)16-20-10-7-9-19-8-5-6-11-23(19)20/h5-15,21,26H,16-17H2,1-4H3/t21-/m0/s1. The second-order valence-corrected chi connectivity index (χ2v) is 10.5. The zero-order valence-corrected chi connectivity index (χ0v) is 19.2. The zero-order chi connectivity index (χ0) is 22.6. The van der Waals surface area contributed by atoms with Gasteiger partial charge in [0.2, 0.25) is 10.0 Å². The van der Waals surface area contributed by atoms with Crippen LogP contribution in [-0.2, 0) is 26.0 Å². The number of hydrogen-bond acceptors (Lipinski definition) is 4. The Labute approximate surface area is 184 Å². The molecule has 0 saturated heterocycles. The van der Waals surface area contributed by atoms with E-state index in [2.05, 4.69) is 4.72 Å². The lowest BCUT2D eigenvalue weighted by atomic mass is 9.94. The van der Waals surface area contributed by atoms with E-state index in [1.54, 1.807) is 45.0 Å². The highest BCUT2D eigenvalue weighted by Crippen LogP contribution is 2.23. The Kier molecular flexibility index (Phi) is 6.82. The van der Waals surface area contributed by atoms with Crippen LogP contribution in [0.4, 0.5) is 0 Å². The van der Waals surface area contributed by atoms with E-state index >= 15 is 0 Å². The van der Waals surface area contributed by atoms with Gasteiger partial charge in [0.15, 0.2) is 0 Å². The fourth-order valence-corrected chi connectivity index (χ4v) is 4.45. The van der Waals surface area contributed by atoms with Crippen molar-refractivity contribution in [3.63, 3.8) is 0 Å². The van der Waals surface area contributed by atoms with Crippen molar-refractivity contribution in [1.82, 2.24) is 4.72 Å². The molecule has 0 aliphatic heterocycles. The first kappa shape index (κ1) is 23.0. The Morgan fingerprint density at radius 2 is 1.61 bits per heavy atom. The summed E-state index contributed by atoms with van der Waals surface area (Å²) in [6.07, 6.45) is 0.368. The van der Waals surface area contributed by atoms with E-state index < -0.39 is 27.5 Å². The van der Waals surface area contributed by atoms with Crippen LogP contribution < -0.4 is 4.72 Å². The highest BCUT2D eigenvalue weighted by molar-refractivity contribution is 7.89. The van der Waals surface area contributed by atoms with Crippen LogP contribution in [-0.4, -0.2) is 26.5 Å². The molecule has 1 N–H and O–H groups in total. The van der Waals surface area contributed by atoms with Gasteiger partial charge in [0.25, 0.3) is 0 Å².